The van der Waals surface area contributed by atoms with Crippen LogP contribution in [0.25, 0.3) is 22.3 Å². The van der Waals surface area contributed by atoms with Gasteiger partial charge in [-0.2, -0.15) is 0 Å². The van der Waals surface area contributed by atoms with Crippen molar-refractivity contribution >= 4 is 16.8 Å². The molecule has 0 aliphatic rings. The third kappa shape index (κ3) is 3.58. The van der Waals surface area contributed by atoms with E-state index in [9.17, 15) is 9.59 Å². The van der Waals surface area contributed by atoms with Gasteiger partial charge in [-0.1, -0.05) is 6.07 Å². The highest BCUT2D eigenvalue weighted by molar-refractivity contribution is 5.85. The van der Waals surface area contributed by atoms with Gasteiger partial charge in [0.2, 0.25) is 11.2 Å². The van der Waals surface area contributed by atoms with Crippen molar-refractivity contribution in [2.75, 3.05) is 20.8 Å². The highest BCUT2D eigenvalue weighted by atomic mass is 16.5. The third-order valence-electron chi connectivity index (χ3n) is 4.35. The summed E-state index contributed by atoms with van der Waals surface area (Å²) < 4.78 is 22.3. The molecule has 1 heterocycles. The van der Waals surface area contributed by atoms with Gasteiger partial charge in [-0.15, -0.1) is 0 Å². The molecule has 0 amide bonds. The van der Waals surface area contributed by atoms with Gasteiger partial charge in [-0.3, -0.25) is 9.59 Å². The summed E-state index contributed by atoms with van der Waals surface area (Å²) >= 11 is 0. The van der Waals surface area contributed by atoms with E-state index in [2.05, 4.69) is 0 Å². The summed E-state index contributed by atoms with van der Waals surface area (Å²) in [7, 11) is 3.07. The van der Waals surface area contributed by atoms with E-state index in [1.165, 1.54) is 14.0 Å². The van der Waals surface area contributed by atoms with Crippen LogP contribution < -0.4 is 19.6 Å². The molecule has 2 aromatic carbocycles. The van der Waals surface area contributed by atoms with Crippen molar-refractivity contribution in [1.29, 1.82) is 0 Å². The summed E-state index contributed by atoms with van der Waals surface area (Å²) in [5, 5.41) is 0.417. The standard InChI is InChI=1S/C22H22O6/c1-12-8-13(2)20-16(9-12)19(24)22(27-11-14(3)23)21(28-20)15-6-7-17(25-4)18(10-15)26-5/h6-10H,11H2,1-5H3. The number of ketones is 1. The Bertz CT molecular complexity index is 1110. The van der Waals surface area contributed by atoms with Crippen molar-refractivity contribution in [3.05, 3.63) is 51.7 Å². The molecule has 0 saturated heterocycles. The van der Waals surface area contributed by atoms with Crippen LogP contribution in [-0.4, -0.2) is 26.6 Å². The summed E-state index contributed by atoms with van der Waals surface area (Å²) in [6.07, 6.45) is 0. The lowest BCUT2D eigenvalue weighted by atomic mass is 10.0. The van der Waals surface area contributed by atoms with E-state index >= 15 is 0 Å². The topological polar surface area (TPSA) is 75.0 Å². The molecule has 0 aliphatic carbocycles. The fourth-order valence-electron chi connectivity index (χ4n) is 3.10. The third-order valence-corrected chi connectivity index (χ3v) is 4.35. The normalized spacial score (nSPS) is 10.8. The zero-order valence-electron chi connectivity index (χ0n) is 16.5. The fourth-order valence-corrected chi connectivity index (χ4v) is 3.10. The second kappa shape index (κ2) is 7.76. The zero-order chi connectivity index (χ0) is 20.4. The number of ether oxygens (including phenoxy) is 3. The molecule has 6 heteroatoms. The number of carbonyl (C=O) groups is 1. The monoisotopic (exact) mass is 382 g/mol. The molecule has 0 atom stereocenters. The summed E-state index contributed by atoms with van der Waals surface area (Å²) in [6.45, 7) is 4.96. The van der Waals surface area contributed by atoms with E-state index in [4.69, 9.17) is 18.6 Å². The Kier molecular flexibility index (Phi) is 5.40. The summed E-state index contributed by atoms with van der Waals surface area (Å²) in [6, 6.07) is 8.87. The quantitative estimate of drug-likeness (QED) is 0.640. The minimum absolute atomic E-state index is 0.0000742. The summed E-state index contributed by atoms with van der Waals surface area (Å²) in [5.74, 6) is 1.08. The molecule has 1 aromatic heterocycles. The first-order valence-electron chi connectivity index (χ1n) is 8.78. The smallest absolute Gasteiger partial charge is 0.235 e. The molecule has 0 fully saturated rings. The number of hydrogen-bond donors (Lipinski definition) is 0. The van der Waals surface area contributed by atoms with Gasteiger partial charge in [-0.25, -0.2) is 0 Å². The van der Waals surface area contributed by atoms with Crippen molar-refractivity contribution in [3.63, 3.8) is 0 Å². The number of carbonyl (C=O) groups excluding carboxylic acids is 1. The van der Waals surface area contributed by atoms with Gasteiger partial charge in [0, 0.05) is 5.56 Å². The Morgan fingerprint density at radius 3 is 2.39 bits per heavy atom. The maximum absolute atomic E-state index is 13.2. The molecule has 0 bridgehead atoms. The van der Waals surface area contributed by atoms with Crippen molar-refractivity contribution in [2.45, 2.75) is 20.8 Å². The highest BCUT2D eigenvalue weighted by Crippen LogP contribution is 2.37. The Morgan fingerprint density at radius 1 is 1.04 bits per heavy atom. The number of methoxy groups -OCH3 is 2. The average Bonchev–Trinajstić information content (AvgIpc) is 2.66. The van der Waals surface area contributed by atoms with E-state index in [0.29, 0.717) is 28.0 Å². The Morgan fingerprint density at radius 2 is 1.75 bits per heavy atom. The number of rotatable bonds is 6. The van der Waals surface area contributed by atoms with E-state index in [1.54, 1.807) is 31.4 Å². The summed E-state index contributed by atoms with van der Waals surface area (Å²) in [5.41, 5.74) is 2.52. The number of benzene rings is 2. The van der Waals surface area contributed by atoms with Crippen LogP contribution in [0, 0.1) is 13.8 Å². The first-order valence-corrected chi connectivity index (χ1v) is 8.78. The maximum atomic E-state index is 13.2. The van der Waals surface area contributed by atoms with Crippen LogP contribution in [0.4, 0.5) is 0 Å². The molecule has 0 spiro atoms. The van der Waals surface area contributed by atoms with Gasteiger partial charge in [0.25, 0.3) is 0 Å². The predicted molar refractivity (Wildman–Crippen MR) is 107 cm³/mol. The van der Waals surface area contributed by atoms with E-state index in [0.717, 1.165) is 11.1 Å². The van der Waals surface area contributed by atoms with Crippen LogP contribution in [0.3, 0.4) is 0 Å². The van der Waals surface area contributed by atoms with Gasteiger partial charge in [0.15, 0.2) is 23.0 Å². The molecular formula is C22H22O6. The van der Waals surface area contributed by atoms with Gasteiger partial charge < -0.3 is 18.6 Å². The molecule has 3 rings (SSSR count). The Balaban J connectivity index is 2.32. The van der Waals surface area contributed by atoms with E-state index in [-0.39, 0.29) is 29.3 Å². The maximum Gasteiger partial charge on any atom is 0.235 e. The van der Waals surface area contributed by atoms with Crippen molar-refractivity contribution in [3.8, 4) is 28.6 Å². The number of Topliss-reactive ketones (excluding diaryl/α,β-unsaturated/α-hetero) is 1. The second-order valence-corrected chi connectivity index (χ2v) is 6.61. The lowest BCUT2D eigenvalue weighted by Crippen LogP contribution is -2.15. The first-order chi connectivity index (χ1) is 13.3. The lowest BCUT2D eigenvalue weighted by Gasteiger charge is -2.14. The van der Waals surface area contributed by atoms with Crippen LogP contribution in [0.2, 0.25) is 0 Å². The summed E-state index contributed by atoms with van der Waals surface area (Å²) in [4.78, 5) is 24.6. The van der Waals surface area contributed by atoms with Crippen molar-refractivity contribution in [2.24, 2.45) is 0 Å². The van der Waals surface area contributed by atoms with Crippen LogP contribution in [0.15, 0.2) is 39.5 Å². The van der Waals surface area contributed by atoms with E-state index < -0.39 is 0 Å². The molecule has 0 aliphatic heterocycles. The molecule has 6 nitrogen and oxygen atoms in total. The van der Waals surface area contributed by atoms with Gasteiger partial charge in [0.1, 0.15) is 12.2 Å². The molecule has 0 saturated carbocycles. The lowest BCUT2D eigenvalue weighted by molar-refractivity contribution is -0.118. The Hall–Kier alpha value is -3.28. The van der Waals surface area contributed by atoms with Crippen molar-refractivity contribution < 1.29 is 23.4 Å². The number of hydrogen-bond acceptors (Lipinski definition) is 6. The highest BCUT2D eigenvalue weighted by Gasteiger charge is 2.21. The molecule has 3 aromatic rings. The zero-order valence-corrected chi connectivity index (χ0v) is 16.5. The number of fused-ring (bicyclic) bond motifs is 1. The molecule has 28 heavy (non-hydrogen) atoms. The van der Waals surface area contributed by atoms with Gasteiger partial charge in [0.05, 0.1) is 19.6 Å². The van der Waals surface area contributed by atoms with Crippen LogP contribution in [-0.2, 0) is 4.79 Å². The van der Waals surface area contributed by atoms with E-state index in [1.807, 2.05) is 19.9 Å². The second-order valence-electron chi connectivity index (χ2n) is 6.61. The predicted octanol–water partition coefficient (Wildman–Crippen LogP) is 4.06. The van der Waals surface area contributed by atoms with Crippen molar-refractivity contribution in [1.82, 2.24) is 0 Å². The minimum atomic E-state index is -0.320. The molecular weight excluding hydrogens is 360 g/mol. The van der Waals surface area contributed by atoms with Gasteiger partial charge >= 0.3 is 0 Å². The fraction of sp³-hybridized carbons (Fsp3) is 0.273. The minimum Gasteiger partial charge on any atom is -0.493 e. The van der Waals surface area contributed by atoms with Crippen LogP contribution >= 0.6 is 0 Å². The first kappa shape index (κ1) is 19.5. The number of aryl methyl sites for hydroxylation is 2. The molecule has 0 radical (unpaired) electrons. The van der Waals surface area contributed by atoms with Crippen LogP contribution in [0.1, 0.15) is 18.1 Å². The molecule has 146 valence electrons. The largest absolute Gasteiger partial charge is 0.493 e. The molecule has 0 unspecified atom stereocenters. The van der Waals surface area contributed by atoms with Gasteiger partial charge in [-0.05, 0) is 56.2 Å². The van der Waals surface area contributed by atoms with Crippen LogP contribution in [0.5, 0.6) is 17.2 Å². The molecule has 0 N–H and O–H groups in total. The SMILES string of the molecule is COc1ccc(-c2oc3c(C)cc(C)cc3c(=O)c2OCC(C)=O)cc1OC. The Labute approximate surface area is 162 Å². The average molecular weight is 382 g/mol.